The van der Waals surface area contributed by atoms with Crippen molar-refractivity contribution in [2.24, 2.45) is 0 Å². The van der Waals surface area contributed by atoms with Crippen molar-refractivity contribution in [3.8, 4) is 17.0 Å². The third kappa shape index (κ3) is 3.72. The standard InChI is InChI=1S/C19H15N5O3.ClH/c1-27-14-9-5-8-13(10-14)17(26)21-18-22-19-20-15(11-16(25)24(19)23-18)12-6-3-2-4-7-12;/h2-11H,1H3,(H2,20,21,22,23,26);1H. The van der Waals surface area contributed by atoms with Crippen molar-refractivity contribution in [1.82, 2.24) is 19.6 Å². The van der Waals surface area contributed by atoms with Crippen molar-refractivity contribution in [2.45, 2.75) is 0 Å². The van der Waals surface area contributed by atoms with Crippen LogP contribution in [0.25, 0.3) is 17.0 Å². The van der Waals surface area contributed by atoms with E-state index >= 15 is 0 Å². The van der Waals surface area contributed by atoms with Gasteiger partial charge in [-0.05, 0) is 18.2 Å². The SMILES string of the molecule is COc1cccc(C(=O)Nc2nc3nc(-c4ccccc4)cc(=O)n3[nH]2)c1.Cl. The second kappa shape index (κ2) is 7.93. The summed E-state index contributed by atoms with van der Waals surface area (Å²) in [5.74, 6) is 0.474. The fraction of sp³-hybridized carbons (Fsp3) is 0.0526. The summed E-state index contributed by atoms with van der Waals surface area (Å²) >= 11 is 0. The number of nitrogens with zero attached hydrogens (tertiary/aromatic N) is 3. The average Bonchev–Trinajstić information content (AvgIpc) is 3.11. The van der Waals surface area contributed by atoms with E-state index in [0.29, 0.717) is 17.0 Å². The third-order valence-electron chi connectivity index (χ3n) is 3.96. The predicted molar refractivity (Wildman–Crippen MR) is 107 cm³/mol. The number of amides is 1. The predicted octanol–water partition coefficient (Wildman–Crippen LogP) is 2.77. The van der Waals surface area contributed by atoms with Crippen molar-refractivity contribution in [3.63, 3.8) is 0 Å². The molecule has 0 atom stereocenters. The molecule has 28 heavy (non-hydrogen) atoms. The minimum atomic E-state index is -0.385. The number of ether oxygens (including phenoxy) is 1. The number of aromatic nitrogens is 4. The molecule has 0 aliphatic rings. The summed E-state index contributed by atoms with van der Waals surface area (Å²) in [5, 5.41) is 5.36. The molecule has 0 spiro atoms. The van der Waals surface area contributed by atoms with Crippen LogP contribution in [-0.2, 0) is 0 Å². The van der Waals surface area contributed by atoms with E-state index in [9.17, 15) is 9.59 Å². The number of hydrogen-bond donors (Lipinski definition) is 2. The van der Waals surface area contributed by atoms with Crippen molar-refractivity contribution in [2.75, 3.05) is 12.4 Å². The van der Waals surface area contributed by atoms with Crippen molar-refractivity contribution in [1.29, 1.82) is 0 Å². The number of aromatic amines is 1. The summed E-state index contributed by atoms with van der Waals surface area (Å²) in [7, 11) is 1.53. The molecule has 0 radical (unpaired) electrons. The van der Waals surface area contributed by atoms with E-state index in [1.54, 1.807) is 24.3 Å². The normalized spacial score (nSPS) is 10.3. The minimum absolute atomic E-state index is 0. The van der Waals surface area contributed by atoms with Gasteiger partial charge in [0, 0.05) is 17.2 Å². The summed E-state index contributed by atoms with van der Waals surface area (Å²) in [6.45, 7) is 0. The number of benzene rings is 2. The van der Waals surface area contributed by atoms with Crippen molar-refractivity contribution in [3.05, 3.63) is 76.6 Å². The van der Waals surface area contributed by atoms with Gasteiger partial charge in [-0.15, -0.1) is 12.4 Å². The van der Waals surface area contributed by atoms with E-state index in [4.69, 9.17) is 4.74 Å². The highest BCUT2D eigenvalue weighted by molar-refractivity contribution is 6.03. The zero-order valence-electron chi connectivity index (χ0n) is 14.7. The lowest BCUT2D eigenvalue weighted by Gasteiger charge is -2.03. The molecule has 142 valence electrons. The van der Waals surface area contributed by atoms with Gasteiger partial charge in [0.05, 0.1) is 12.8 Å². The Labute approximate surface area is 165 Å². The molecular formula is C19H16ClN5O3. The number of halogens is 1. The van der Waals surface area contributed by atoms with Gasteiger partial charge in [-0.25, -0.2) is 4.98 Å². The van der Waals surface area contributed by atoms with Crippen LogP contribution < -0.4 is 15.6 Å². The maximum absolute atomic E-state index is 12.4. The molecule has 2 aromatic carbocycles. The maximum atomic E-state index is 12.4. The van der Waals surface area contributed by atoms with E-state index in [-0.39, 0.29) is 35.6 Å². The molecule has 2 heterocycles. The van der Waals surface area contributed by atoms with Crippen LogP contribution in [0.1, 0.15) is 10.4 Å². The first-order valence-corrected chi connectivity index (χ1v) is 8.15. The molecule has 0 saturated heterocycles. The van der Waals surface area contributed by atoms with Gasteiger partial charge in [0.25, 0.3) is 17.2 Å². The molecule has 0 aliphatic carbocycles. The molecule has 2 aromatic heterocycles. The van der Waals surface area contributed by atoms with E-state index in [1.165, 1.54) is 17.7 Å². The van der Waals surface area contributed by atoms with Gasteiger partial charge in [-0.3, -0.25) is 20.0 Å². The maximum Gasteiger partial charge on any atom is 0.274 e. The number of hydrogen-bond acceptors (Lipinski definition) is 5. The Morgan fingerprint density at radius 3 is 2.61 bits per heavy atom. The summed E-state index contributed by atoms with van der Waals surface area (Å²) in [6, 6.07) is 17.5. The summed E-state index contributed by atoms with van der Waals surface area (Å²) in [6.07, 6.45) is 0. The number of nitrogens with one attached hydrogen (secondary N) is 2. The molecule has 9 heteroatoms. The second-order valence-corrected chi connectivity index (χ2v) is 5.74. The van der Waals surface area contributed by atoms with Crippen LogP contribution in [0.2, 0.25) is 0 Å². The zero-order valence-corrected chi connectivity index (χ0v) is 15.6. The largest absolute Gasteiger partial charge is 0.497 e. The fourth-order valence-electron chi connectivity index (χ4n) is 2.64. The van der Waals surface area contributed by atoms with Crippen LogP contribution in [0.15, 0.2) is 65.5 Å². The van der Waals surface area contributed by atoms with Crippen LogP contribution in [0.5, 0.6) is 5.75 Å². The number of anilines is 1. The lowest BCUT2D eigenvalue weighted by Crippen LogP contribution is -2.16. The molecule has 2 N–H and O–H groups in total. The highest BCUT2D eigenvalue weighted by Gasteiger charge is 2.13. The van der Waals surface area contributed by atoms with Gasteiger partial charge >= 0.3 is 0 Å². The van der Waals surface area contributed by atoms with E-state index in [1.807, 2.05) is 30.3 Å². The molecular weight excluding hydrogens is 382 g/mol. The van der Waals surface area contributed by atoms with Crippen LogP contribution in [0.4, 0.5) is 5.95 Å². The second-order valence-electron chi connectivity index (χ2n) is 5.74. The summed E-state index contributed by atoms with van der Waals surface area (Å²) in [4.78, 5) is 33.3. The van der Waals surface area contributed by atoms with Gasteiger partial charge in [-0.1, -0.05) is 36.4 Å². The molecule has 0 fully saturated rings. The monoisotopic (exact) mass is 397 g/mol. The van der Waals surface area contributed by atoms with Crippen LogP contribution in [0.3, 0.4) is 0 Å². The number of fused-ring (bicyclic) bond motifs is 1. The zero-order chi connectivity index (χ0) is 18.8. The highest BCUT2D eigenvalue weighted by atomic mass is 35.5. The van der Waals surface area contributed by atoms with Crippen molar-refractivity contribution >= 4 is 30.0 Å². The first-order valence-electron chi connectivity index (χ1n) is 8.15. The third-order valence-corrected chi connectivity index (χ3v) is 3.96. The lowest BCUT2D eigenvalue weighted by atomic mass is 10.1. The molecule has 1 amide bonds. The minimum Gasteiger partial charge on any atom is -0.497 e. The smallest absolute Gasteiger partial charge is 0.274 e. The topological polar surface area (TPSA) is 101 Å². The summed E-state index contributed by atoms with van der Waals surface area (Å²) < 4.78 is 6.29. The highest BCUT2D eigenvalue weighted by Crippen LogP contribution is 2.16. The van der Waals surface area contributed by atoms with Crippen LogP contribution in [0, 0.1) is 0 Å². The molecule has 8 nitrogen and oxygen atoms in total. The van der Waals surface area contributed by atoms with Gasteiger partial charge < -0.3 is 4.74 Å². The van der Waals surface area contributed by atoms with Gasteiger partial charge in [-0.2, -0.15) is 9.50 Å². The van der Waals surface area contributed by atoms with Crippen molar-refractivity contribution < 1.29 is 9.53 Å². The average molecular weight is 398 g/mol. The molecule has 0 bridgehead atoms. The Morgan fingerprint density at radius 2 is 1.86 bits per heavy atom. The molecule has 4 rings (SSSR count). The Morgan fingerprint density at radius 1 is 1.07 bits per heavy atom. The number of carbonyl (C=O) groups is 1. The number of carbonyl (C=O) groups excluding carboxylic acids is 1. The molecule has 4 aromatic rings. The van der Waals surface area contributed by atoms with Gasteiger partial charge in [0.15, 0.2) is 0 Å². The van der Waals surface area contributed by atoms with Crippen LogP contribution >= 0.6 is 12.4 Å². The summed E-state index contributed by atoms with van der Waals surface area (Å²) in [5.41, 5.74) is 1.40. The van der Waals surface area contributed by atoms with E-state index in [0.717, 1.165) is 5.56 Å². The van der Waals surface area contributed by atoms with E-state index in [2.05, 4.69) is 20.4 Å². The first kappa shape index (κ1) is 19.1. The van der Waals surface area contributed by atoms with E-state index < -0.39 is 0 Å². The molecule has 0 unspecified atom stereocenters. The van der Waals surface area contributed by atoms with Crippen LogP contribution in [-0.4, -0.2) is 32.6 Å². The Bertz CT molecular complexity index is 1190. The fourth-order valence-corrected chi connectivity index (χ4v) is 2.64. The Hall–Kier alpha value is -3.65. The number of H-pyrrole nitrogens is 1. The molecule has 0 aliphatic heterocycles. The van der Waals surface area contributed by atoms with Gasteiger partial charge in [0.1, 0.15) is 5.75 Å². The molecule has 0 saturated carbocycles. The lowest BCUT2D eigenvalue weighted by molar-refractivity contribution is 0.102. The number of rotatable bonds is 4. The Kier molecular flexibility index (Phi) is 5.42. The van der Waals surface area contributed by atoms with Gasteiger partial charge in [0.2, 0.25) is 5.95 Å². The quantitative estimate of drug-likeness (QED) is 0.551. The Balaban J connectivity index is 0.00000225. The first-order chi connectivity index (χ1) is 13.1. The number of methoxy groups -OCH3 is 1.